The monoisotopic (exact) mass is 295 g/mol. The fourth-order valence-electron chi connectivity index (χ4n) is 3.44. The van der Waals surface area contributed by atoms with Crippen molar-refractivity contribution in [3.05, 3.63) is 34.6 Å². The number of benzene rings is 1. The molecule has 0 aromatic heterocycles. The standard InChI is InChI=1S/C17H23ClFN/c18-16-10-14(19)5-4-13(16)11-17(8-2-1-3-9-17)12-20-15-6-7-15/h4-5,10,15,20H,1-3,6-9,11-12H2. The van der Waals surface area contributed by atoms with Crippen LogP contribution in [-0.4, -0.2) is 12.6 Å². The summed E-state index contributed by atoms with van der Waals surface area (Å²) in [6.45, 7) is 1.09. The van der Waals surface area contributed by atoms with Crippen molar-refractivity contribution in [3.63, 3.8) is 0 Å². The first kappa shape index (κ1) is 14.3. The Hall–Kier alpha value is -0.600. The van der Waals surface area contributed by atoms with Gasteiger partial charge in [-0.15, -0.1) is 0 Å². The molecule has 3 rings (SSSR count). The van der Waals surface area contributed by atoms with Gasteiger partial charge in [-0.05, 0) is 55.2 Å². The van der Waals surface area contributed by atoms with E-state index < -0.39 is 0 Å². The smallest absolute Gasteiger partial charge is 0.124 e. The largest absolute Gasteiger partial charge is 0.313 e. The van der Waals surface area contributed by atoms with E-state index in [0.29, 0.717) is 10.4 Å². The van der Waals surface area contributed by atoms with E-state index in [2.05, 4.69) is 5.32 Å². The lowest BCUT2D eigenvalue weighted by atomic mass is 9.70. The van der Waals surface area contributed by atoms with Crippen LogP contribution in [0.2, 0.25) is 5.02 Å². The molecule has 0 radical (unpaired) electrons. The molecule has 1 aromatic rings. The maximum atomic E-state index is 13.2. The van der Waals surface area contributed by atoms with Crippen molar-refractivity contribution < 1.29 is 4.39 Å². The fraction of sp³-hybridized carbons (Fsp3) is 0.647. The minimum absolute atomic E-state index is 0.243. The predicted octanol–water partition coefficient (Wildman–Crippen LogP) is 4.72. The summed E-state index contributed by atoms with van der Waals surface area (Å²) >= 11 is 6.23. The van der Waals surface area contributed by atoms with Gasteiger partial charge in [0.05, 0.1) is 0 Å². The van der Waals surface area contributed by atoms with Crippen LogP contribution in [-0.2, 0) is 6.42 Å². The molecule has 1 N–H and O–H groups in total. The van der Waals surface area contributed by atoms with E-state index in [9.17, 15) is 4.39 Å². The van der Waals surface area contributed by atoms with Gasteiger partial charge in [-0.3, -0.25) is 0 Å². The Morgan fingerprint density at radius 2 is 1.95 bits per heavy atom. The summed E-state index contributed by atoms with van der Waals surface area (Å²) in [6, 6.07) is 5.59. The van der Waals surface area contributed by atoms with Crippen LogP contribution in [0.1, 0.15) is 50.5 Å². The van der Waals surface area contributed by atoms with Gasteiger partial charge in [0.1, 0.15) is 5.82 Å². The van der Waals surface area contributed by atoms with Crippen molar-refractivity contribution in [3.8, 4) is 0 Å². The minimum atomic E-state index is -0.243. The molecule has 2 aliphatic carbocycles. The number of hydrogen-bond acceptors (Lipinski definition) is 1. The van der Waals surface area contributed by atoms with E-state index in [-0.39, 0.29) is 5.82 Å². The molecule has 1 nitrogen and oxygen atoms in total. The normalized spacial score (nSPS) is 21.9. The molecule has 20 heavy (non-hydrogen) atoms. The second-order valence-corrected chi connectivity index (χ2v) is 7.04. The molecule has 2 aliphatic rings. The van der Waals surface area contributed by atoms with Crippen LogP contribution in [0, 0.1) is 11.2 Å². The summed E-state index contributed by atoms with van der Waals surface area (Å²) in [4.78, 5) is 0. The summed E-state index contributed by atoms with van der Waals surface area (Å²) in [6.07, 6.45) is 10.1. The lowest BCUT2D eigenvalue weighted by molar-refractivity contribution is 0.180. The third-order valence-corrected chi connectivity index (χ3v) is 5.19. The molecular formula is C17H23ClFN. The van der Waals surface area contributed by atoms with Crippen LogP contribution < -0.4 is 5.32 Å². The zero-order valence-electron chi connectivity index (χ0n) is 11.9. The molecule has 0 heterocycles. The first-order valence-corrected chi connectivity index (χ1v) is 8.22. The Bertz CT molecular complexity index is 464. The van der Waals surface area contributed by atoms with Gasteiger partial charge in [0.25, 0.3) is 0 Å². The summed E-state index contributed by atoms with van der Waals surface area (Å²) in [5, 5.41) is 4.29. The molecule has 0 bridgehead atoms. The number of nitrogens with one attached hydrogen (secondary N) is 1. The number of halogens is 2. The Morgan fingerprint density at radius 3 is 2.60 bits per heavy atom. The Balaban J connectivity index is 1.73. The summed E-state index contributed by atoms with van der Waals surface area (Å²) in [5.41, 5.74) is 1.43. The SMILES string of the molecule is Fc1ccc(CC2(CNC3CC3)CCCCC2)c(Cl)c1. The summed E-state index contributed by atoms with van der Waals surface area (Å²) in [7, 11) is 0. The minimum Gasteiger partial charge on any atom is -0.313 e. The zero-order chi connectivity index (χ0) is 14.0. The third kappa shape index (κ3) is 3.53. The Labute approximate surface area is 125 Å². The highest BCUT2D eigenvalue weighted by Crippen LogP contribution is 2.40. The first-order valence-electron chi connectivity index (χ1n) is 7.84. The maximum Gasteiger partial charge on any atom is 0.124 e. The van der Waals surface area contributed by atoms with Crippen molar-refractivity contribution in [1.82, 2.24) is 5.32 Å². The average Bonchev–Trinajstić information content (AvgIpc) is 3.25. The van der Waals surface area contributed by atoms with E-state index in [1.807, 2.05) is 6.07 Å². The van der Waals surface area contributed by atoms with E-state index in [1.165, 1.54) is 57.1 Å². The van der Waals surface area contributed by atoms with E-state index in [1.54, 1.807) is 0 Å². The lowest BCUT2D eigenvalue weighted by Crippen LogP contribution is -2.38. The highest BCUT2D eigenvalue weighted by atomic mass is 35.5. The molecule has 110 valence electrons. The van der Waals surface area contributed by atoms with Crippen molar-refractivity contribution in [2.45, 2.75) is 57.4 Å². The third-order valence-electron chi connectivity index (χ3n) is 4.84. The molecule has 0 unspecified atom stereocenters. The van der Waals surface area contributed by atoms with Gasteiger partial charge in [0.2, 0.25) is 0 Å². The van der Waals surface area contributed by atoms with Gasteiger partial charge in [0, 0.05) is 17.6 Å². The summed E-state index contributed by atoms with van der Waals surface area (Å²) in [5.74, 6) is -0.243. The van der Waals surface area contributed by atoms with Gasteiger partial charge < -0.3 is 5.32 Å². The Kier molecular flexibility index (Phi) is 4.32. The predicted molar refractivity (Wildman–Crippen MR) is 81.7 cm³/mol. The van der Waals surface area contributed by atoms with Crippen molar-refractivity contribution in [1.29, 1.82) is 0 Å². The van der Waals surface area contributed by atoms with E-state index >= 15 is 0 Å². The van der Waals surface area contributed by atoms with Crippen LogP contribution in [0.25, 0.3) is 0 Å². The van der Waals surface area contributed by atoms with Crippen molar-refractivity contribution in [2.24, 2.45) is 5.41 Å². The van der Waals surface area contributed by atoms with Crippen LogP contribution in [0.5, 0.6) is 0 Å². The van der Waals surface area contributed by atoms with Gasteiger partial charge in [-0.1, -0.05) is 36.9 Å². The van der Waals surface area contributed by atoms with Crippen LogP contribution in [0.15, 0.2) is 18.2 Å². The molecule has 3 heteroatoms. The second kappa shape index (κ2) is 6.03. The second-order valence-electron chi connectivity index (χ2n) is 6.63. The number of hydrogen-bond donors (Lipinski definition) is 1. The zero-order valence-corrected chi connectivity index (χ0v) is 12.7. The van der Waals surface area contributed by atoms with E-state index in [0.717, 1.165) is 24.6 Å². The molecule has 0 saturated heterocycles. The lowest BCUT2D eigenvalue weighted by Gasteiger charge is -2.38. The molecular weight excluding hydrogens is 273 g/mol. The van der Waals surface area contributed by atoms with E-state index in [4.69, 9.17) is 11.6 Å². The van der Waals surface area contributed by atoms with Crippen LogP contribution in [0.3, 0.4) is 0 Å². The molecule has 2 saturated carbocycles. The van der Waals surface area contributed by atoms with Gasteiger partial charge >= 0.3 is 0 Å². The molecule has 1 aromatic carbocycles. The molecule has 0 amide bonds. The quantitative estimate of drug-likeness (QED) is 0.828. The molecule has 0 aliphatic heterocycles. The first-order chi connectivity index (χ1) is 9.67. The highest BCUT2D eigenvalue weighted by Gasteiger charge is 2.34. The Morgan fingerprint density at radius 1 is 1.20 bits per heavy atom. The van der Waals surface area contributed by atoms with Crippen molar-refractivity contribution >= 4 is 11.6 Å². The van der Waals surface area contributed by atoms with Crippen LogP contribution in [0.4, 0.5) is 4.39 Å². The topological polar surface area (TPSA) is 12.0 Å². The van der Waals surface area contributed by atoms with Crippen molar-refractivity contribution in [2.75, 3.05) is 6.54 Å². The molecule has 0 atom stereocenters. The highest BCUT2D eigenvalue weighted by molar-refractivity contribution is 6.31. The average molecular weight is 296 g/mol. The molecule has 0 spiro atoms. The van der Waals surface area contributed by atoms with Gasteiger partial charge in [0.15, 0.2) is 0 Å². The van der Waals surface area contributed by atoms with Gasteiger partial charge in [-0.25, -0.2) is 4.39 Å². The summed E-state index contributed by atoms with van der Waals surface area (Å²) < 4.78 is 13.2. The van der Waals surface area contributed by atoms with Crippen LogP contribution >= 0.6 is 11.6 Å². The molecule has 2 fully saturated rings. The maximum absolute atomic E-state index is 13.2. The number of rotatable bonds is 5. The fourth-order valence-corrected chi connectivity index (χ4v) is 3.67. The van der Waals surface area contributed by atoms with Gasteiger partial charge in [-0.2, -0.15) is 0 Å².